The average Bonchev–Trinajstić information content (AvgIpc) is 2.67. The summed E-state index contributed by atoms with van der Waals surface area (Å²) < 4.78 is 2.24. The van der Waals surface area contributed by atoms with Crippen LogP contribution in [0, 0.1) is 0 Å². The van der Waals surface area contributed by atoms with Gasteiger partial charge in [-0.05, 0) is 28.1 Å². The van der Waals surface area contributed by atoms with Gasteiger partial charge in [-0.3, -0.25) is 4.98 Å². The molecule has 5 nitrogen and oxygen atoms in total. The van der Waals surface area contributed by atoms with Crippen LogP contribution in [0.2, 0.25) is 0 Å². The molecule has 2 rings (SSSR count). The summed E-state index contributed by atoms with van der Waals surface area (Å²) in [6, 6.07) is 3.18. The van der Waals surface area contributed by atoms with Gasteiger partial charge in [-0.1, -0.05) is 0 Å². The summed E-state index contributed by atoms with van der Waals surface area (Å²) in [6.45, 7) is 0. The number of carboxylic acid groups (broad SMARTS) is 1. The lowest BCUT2D eigenvalue weighted by atomic mass is 10.4. The van der Waals surface area contributed by atoms with Crippen molar-refractivity contribution in [2.45, 2.75) is 0 Å². The summed E-state index contributed by atoms with van der Waals surface area (Å²) in [4.78, 5) is 14.5. The van der Waals surface area contributed by atoms with Crippen LogP contribution in [-0.2, 0) is 0 Å². The Hall–Kier alpha value is -1.69. The first kappa shape index (κ1) is 9.85. The van der Waals surface area contributed by atoms with Crippen molar-refractivity contribution in [1.29, 1.82) is 0 Å². The van der Waals surface area contributed by atoms with Gasteiger partial charge in [0.2, 0.25) is 0 Å². The fraction of sp³-hybridized carbons (Fsp3) is 0. The van der Waals surface area contributed by atoms with Crippen molar-refractivity contribution >= 4 is 21.9 Å². The summed E-state index contributed by atoms with van der Waals surface area (Å²) in [5, 5.41) is 12.6. The number of hydrogen-bond donors (Lipinski definition) is 1. The molecule has 6 heteroatoms. The third-order valence-electron chi connectivity index (χ3n) is 1.81. The lowest BCUT2D eigenvalue weighted by Gasteiger charge is -2.02. The molecule has 0 aliphatic heterocycles. The third kappa shape index (κ3) is 1.89. The van der Waals surface area contributed by atoms with E-state index in [-0.39, 0.29) is 5.69 Å². The zero-order valence-corrected chi connectivity index (χ0v) is 9.05. The number of carbonyl (C=O) groups is 1. The molecule has 15 heavy (non-hydrogen) atoms. The van der Waals surface area contributed by atoms with E-state index in [2.05, 4.69) is 26.0 Å². The molecule has 1 N–H and O–H groups in total. The highest BCUT2D eigenvalue weighted by atomic mass is 79.9. The predicted molar refractivity (Wildman–Crippen MR) is 56.0 cm³/mol. The van der Waals surface area contributed by atoms with Crippen molar-refractivity contribution in [3.63, 3.8) is 0 Å². The molecule has 0 spiro atoms. The van der Waals surface area contributed by atoms with Crippen molar-refractivity contribution in [2.75, 3.05) is 0 Å². The monoisotopic (exact) mass is 267 g/mol. The van der Waals surface area contributed by atoms with E-state index in [1.165, 1.54) is 10.7 Å². The van der Waals surface area contributed by atoms with Crippen LogP contribution in [0.1, 0.15) is 10.5 Å². The van der Waals surface area contributed by atoms with Gasteiger partial charge in [0.1, 0.15) is 0 Å². The minimum Gasteiger partial charge on any atom is -0.476 e. The summed E-state index contributed by atoms with van der Waals surface area (Å²) in [7, 11) is 0. The molecule has 0 amide bonds. The molecule has 0 unspecified atom stereocenters. The minimum atomic E-state index is -1.04. The fourth-order valence-corrected chi connectivity index (χ4v) is 1.56. The molecule has 0 saturated carbocycles. The topological polar surface area (TPSA) is 68.0 Å². The van der Waals surface area contributed by atoms with Gasteiger partial charge in [0, 0.05) is 18.6 Å². The van der Waals surface area contributed by atoms with Crippen LogP contribution in [0.4, 0.5) is 0 Å². The van der Waals surface area contributed by atoms with Gasteiger partial charge in [-0.25, -0.2) is 9.48 Å². The number of pyridine rings is 1. The van der Waals surface area contributed by atoms with Gasteiger partial charge >= 0.3 is 5.97 Å². The van der Waals surface area contributed by atoms with E-state index in [4.69, 9.17) is 5.11 Å². The van der Waals surface area contributed by atoms with Crippen molar-refractivity contribution in [3.05, 3.63) is 40.9 Å². The van der Waals surface area contributed by atoms with Gasteiger partial charge in [-0.15, -0.1) is 0 Å². The summed E-state index contributed by atoms with van der Waals surface area (Å²) in [5.41, 5.74) is 0.760. The molecule has 2 heterocycles. The molecule has 0 aliphatic carbocycles. The molecule has 0 fully saturated rings. The Morgan fingerprint density at radius 2 is 2.27 bits per heavy atom. The van der Waals surface area contributed by atoms with Crippen LogP contribution in [0.15, 0.2) is 35.2 Å². The lowest BCUT2D eigenvalue weighted by Crippen LogP contribution is -2.01. The molecule has 76 valence electrons. The van der Waals surface area contributed by atoms with Crippen LogP contribution in [0.5, 0.6) is 0 Å². The maximum absolute atomic E-state index is 10.6. The number of hydrogen-bond acceptors (Lipinski definition) is 3. The van der Waals surface area contributed by atoms with Gasteiger partial charge in [0.15, 0.2) is 5.69 Å². The first-order valence-corrected chi connectivity index (χ1v) is 4.86. The molecule has 0 bridgehead atoms. The van der Waals surface area contributed by atoms with Gasteiger partial charge in [0.05, 0.1) is 10.2 Å². The molecule has 0 aromatic carbocycles. The summed E-state index contributed by atoms with van der Waals surface area (Å²) in [5.74, 6) is -1.04. The van der Waals surface area contributed by atoms with Crippen molar-refractivity contribution in [2.24, 2.45) is 0 Å². The Balaban J connectivity index is 2.46. The van der Waals surface area contributed by atoms with E-state index < -0.39 is 5.97 Å². The smallest absolute Gasteiger partial charge is 0.356 e. The SMILES string of the molecule is O=C(O)c1ccn(-c2ccncc2Br)n1. The molecular formula is C9H6BrN3O2. The molecule has 2 aromatic heterocycles. The maximum Gasteiger partial charge on any atom is 0.356 e. The van der Waals surface area contributed by atoms with Crippen molar-refractivity contribution in [1.82, 2.24) is 14.8 Å². The number of halogens is 1. The van der Waals surface area contributed by atoms with E-state index in [0.717, 1.165) is 10.2 Å². The quantitative estimate of drug-likeness (QED) is 0.900. The lowest BCUT2D eigenvalue weighted by molar-refractivity contribution is 0.0690. The predicted octanol–water partition coefficient (Wildman–Crippen LogP) is 1.73. The van der Waals surface area contributed by atoms with Gasteiger partial charge in [0.25, 0.3) is 0 Å². The third-order valence-corrected chi connectivity index (χ3v) is 2.42. The van der Waals surface area contributed by atoms with E-state index in [0.29, 0.717) is 0 Å². The number of rotatable bonds is 2. The summed E-state index contributed by atoms with van der Waals surface area (Å²) in [6.07, 6.45) is 4.82. The van der Waals surface area contributed by atoms with Gasteiger partial charge < -0.3 is 5.11 Å². The number of aromatic nitrogens is 3. The van der Waals surface area contributed by atoms with Crippen LogP contribution in [0.25, 0.3) is 5.69 Å². The standard InChI is InChI=1S/C9H6BrN3O2/c10-6-5-11-3-1-8(6)13-4-2-7(12-13)9(14)15/h1-5H,(H,14,15). The zero-order chi connectivity index (χ0) is 10.8. The molecule has 2 aromatic rings. The zero-order valence-electron chi connectivity index (χ0n) is 7.46. The normalized spacial score (nSPS) is 10.2. The average molecular weight is 268 g/mol. The second-order valence-corrected chi connectivity index (χ2v) is 3.63. The van der Waals surface area contributed by atoms with Crippen LogP contribution < -0.4 is 0 Å². The van der Waals surface area contributed by atoms with E-state index in [1.54, 1.807) is 24.7 Å². The Bertz CT molecular complexity index is 510. The number of nitrogens with zero attached hydrogens (tertiary/aromatic N) is 3. The van der Waals surface area contributed by atoms with Crippen molar-refractivity contribution in [3.8, 4) is 5.69 Å². The molecule has 0 radical (unpaired) electrons. The second kappa shape index (κ2) is 3.82. The maximum atomic E-state index is 10.6. The second-order valence-electron chi connectivity index (χ2n) is 2.78. The van der Waals surface area contributed by atoms with E-state index in [9.17, 15) is 4.79 Å². The highest BCUT2D eigenvalue weighted by molar-refractivity contribution is 9.10. The molecule has 0 atom stereocenters. The number of aromatic carboxylic acids is 1. The first-order chi connectivity index (χ1) is 7.18. The largest absolute Gasteiger partial charge is 0.476 e. The Kier molecular flexibility index (Phi) is 2.51. The van der Waals surface area contributed by atoms with Crippen LogP contribution >= 0.6 is 15.9 Å². The Morgan fingerprint density at radius 3 is 2.87 bits per heavy atom. The Labute approximate surface area is 93.5 Å². The van der Waals surface area contributed by atoms with E-state index >= 15 is 0 Å². The summed E-state index contributed by atoms with van der Waals surface area (Å²) >= 11 is 3.31. The number of carboxylic acids is 1. The first-order valence-electron chi connectivity index (χ1n) is 4.07. The van der Waals surface area contributed by atoms with Crippen LogP contribution in [-0.4, -0.2) is 25.8 Å². The highest BCUT2D eigenvalue weighted by Crippen LogP contribution is 2.18. The highest BCUT2D eigenvalue weighted by Gasteiger charge is 2.09. The van der Waals surface area contributed by atoms with Gasteiger partial charge in [-0.2, -0.15) is 5.10 Å². The van der Waals surface area contributed by atoms with Crippen LogP contribution in [0.3, 0.4) is 0 Å². The Morgan fingerprint density at radius 1 is 1.47 bits per heavy atom. The molecule has 0 saturated heterocycles. The van der Waals surface area contributed by atoms with E-state index in [1.807, 2.05) is 0 Å². The molecule has 0 aliphatic rings. The molecular weight excluding hydrogens is 262 g/mol. The van der Waals surface area contributed by atoms with Crippen molar-refractivity contribution < 1.29 is 9.90 Å². The fourth-order valence-electron chi connectivity index (χ4n) is 1.13. The minimum absolute atomic E-state index is 0.0127.